The van der Waals surface area contributed by atoms with Gasteiger partial charge in [0.1, 0.15) is 0 Å². The van der Waals surface area contributed by atoms with Gasteiger partial charge in [0.15, 0.2) is 0 Å². The molecule has 0 amide bonds. The molecule has 94 valence electrons. The zero-order valence-corrected chi connectivity index (χ0v) is 10.8. The van der Waals surface area contributed by atoms with Crippen LogP contribution < -0.4 is 0 Å². The molecular formula is C12H17NO3S. The van der Waals surface area contributed by atoms with Crippen LogP contribution in [0.5, 0.6) is 0 Å². The average Bonchev–Trinajstić information content (AvgIpc) is 2.97. The summed E-state index contributed by atoms with van der Waals surface area (Å²) < 4.78 is 10.2. The number of aryl methyl sites for hydroxylation is 1. The summed E-state index contributed by atoms with van der Waals surface area (Å²) in [6.07, 6.45) is 2.14. The van der Waals surface area contributed by atoms with Gasteiger partial charge in [-0.3, -0.25) is 4.79 Å². The molecular weight excluding hydrogens is 238 g/mol. The molecule has 1 unspecified atom stereocenters. The lowest BCUT2D eigenvalue weighted by molar-refractivity contribution is -0.143. The van der Waals surface area contributed by atoms with E-state index < -0.39 is 0 Å². The van der Waals surface area contributed by atoms with Gasteiger partial charge in [-0.15, -0.1) is 11.3 Å². The van der Waals surface area contributed by atoms with Gasteiger partial charge in [0, 0.05) is 24.3 Å². The summed E-state index contributed by atoms with van der Waals surface area (Å²) in [5.41, 5.74) is 0.991. The highest BCUT2D eigenvalue weighted by Crippen LogP contribution is 2.28. The highest BCUT2D eigenvalue weighted by molar-refractivity contribution is 7.09. The minimum atomic E-state index is -0.147. The Hall–Kier alpha value is -0.940. The molecule has 1 atom stereocenters. The summed E-state index contributed by atoms with van der Waals surface area (Å²) in [6.45, 7) is 3.88. The van der Waals surface area contributed by atoms with Crippen LogP contribution in [-0.2, 0) is 20.7 Å². The highest BCUT2D eigenvalue weighted by Gasteiger charge is 2.20. The summed E-state index contributed by atoms with van der Waals surface area (Å²) in [5, 5.41) is 3.17. The molecule has 1 aliphatic heterocycles. The number of carbonyl (C=O) groups excluding carboxylic acids is 1. The van der Waals surface area contributed by atoms with Crippen molar-refractivity contribution in [1.29, 1.82) is 0 Å². The lowest BCUT2D eigenvalue weighted by Crippen LogP contribution is -2.05. The Bertz CT molecular complexity index is 372. The van der Waals surface area contributed by atoms with Crippen molar-refractivity contribution in [3.8, 4) is 0 Å². The summed E-state index contributed by atoms with van der Waals surface area (Å²) in [5.74, 6) is 0.308. The second-order valence-electron chi connectivity index (χ2n) is 4.04. The number of ether oxygens (including phenoxy) is 2. The fourth-order valence-electron chi connectivity index (χ4n) is 1.82. The number of hydrogen-bond donors (Lipinski definition) is 0. The molecule has 0 saturated carbocycles. The maximum absolute atomic E-state index is 11.2. The number of aromatic nitrogens is 1. The smallest absolute Gasteiger partial charge is 0.306 e. The molecule has 17 heavy (non-hydrogen) atoms. The van der Waals surface area contributed by atoms with E-state index in [1.54, 1.807) is 11.3 Å². The van der Waals surface area contributed by atoms with Gasteiger partial charge >= 0.3 is 5.97 Å². The monoisotopic (exact) mass is 255 g/mol. The van der Waals surface area contributed by atoms with Crippen LogP contribution in [0.15, 0.2) is 5.38 Å². The maximum atomic E-state index is 11.2. The van der Waals surface area contributed by atoms with Crippen LogP contribution in [0.2, 0.25) is 0 Å². The first-order valence-electron chi connectivity index (χ1n) is 5.97. The molecule has 2 heterocycles. The molecule has 2 rings (SSSR count). The largest absolute Gasteiger partial charge is 0.466 e. The summed E-state index contributed by atoms with van der Waals surface area (Å²) in [7, 11) is 0. The summed E-state index contributed by atoms with van der Waals surface area (Å²) >= 11 is 1.67. The third kappa shape index (κ3) is 3.51. The first-order valence-corrected chi connectivity index (χ1v) is 6.85. The normalized spacial score (nSPS) is 19.5. The molecule has 0 spiro atoms. The third-order valence-electron chi connectivity index (χ3n) is 2.74. The minimum Gasteiger partial charge on any atom is -0.466 e. The molecule has 0 bridgehead atoms. The van der Waals surface area contributed by atoms with Crippen LogP contribution in [0.1, 0.15) is 36.4 Å². The van der Waals surface area contributed by atoms with Crippen LogP contribution in [0.3, 0.4) is 0 Å². The van der Waals surface area contributed by atoms with Crippen molar-refractivity contribution >= 4 is 17.3 Å². The quantitative estimate of drug-likeness (QED) is 0.756. The SMILES string of the molecule is CCOC(=O)CCc1csc(C2CCOC2)n1. The van der Waals surface area contributed by atoms with E-state index in [1.807, 2.05) is 12.3 Å². The van der Waals surface area contributed by atoms with E-state index in [0.717, 1.165) is 30.3 Å². The summed E-state index contributed by atoms with van der Waals surface area (Å²) in [4.78, 5) is 15.8. The van der Waals surface area contributed by atoms with Crippen molar-refractivity contribution in [3.63, 3.8) is 0 Å². The Balaban J connectivity index is 1.83. The zero-order chi connectivity index (χ0) is 12.1. The van der Waals surface area contributed by atoms with Crippen LogP contribution in [0.25, 0.3) is 0 Å². The first kappa shape index (κ1) is 12.5. The lowest BCUT2D eigenvalue weighted by Gasteiger charge is -2.01. The van der Waals surface area contributed by atoms with E-state index in [4.69, 9.17) is 9.47 Å². The van der Waals surface area contributed by atoms with Crippen molar-refractivity contribution in [2.45, 2.75) is 32.1 Å². The number of hydrogen-bond acceptors (Lipinski definition) is 5. The predicted octanol–water partition coefficient (Wildman–Crippen LogP) is 2.14. The van der Waals surface area contributed by atoms with Crippen molar-refractivity contribution in [2.75, 3.05) is 19.8 Å². The van der Waals surface area contributed by atoms with E-state index in [-0.39, 0.29) is 5.97 Å². The van der Waals surface area contributed by atoms with Crippen molar-refractivity contribution in [1.82, 2.24) is 4.98 Å². The van der Waals surface area contributed by atoms with Crippen LogP contribution >= 0.6 is 11.3 Å². The number of rotatable bonds is 5. The first-order chi connectivity index (χ1) is 8.29. The lowest BCUT2D eigenvalue weighted by atomic mass is 10.1. The zero-order valence-electron chi connectivity index (χ0n) is 9.98. The number of carbonyl (C=O) groups is 1. The molecule has 4 nitrogen and oxygen atoms in total. The van der Waals surface area contributed by atoms with Crippen LogP contribution in [0, 0.1) is 0 Å². The fourth-order valence-corrected chi connectivity index (χ4v) is 2.79. The molecule has 1 aromatic rings. The molecule has 1 saturated heterocycles. The van der Waals surface area contributed by atoms with Gasteiger partial charge in [0.2, 0.25) is 0 Å². The third-order valence-corrected chi connectivity index (χ3v) is 3.80. The van der Waals surface area contributed by atoms with E-state index in [2.05, 4.69) is 4.98 Å². The van der Waals surface area contributed by atoms with E-state index in [9.17, 15) is 4.79 Å². The maximum Gasteiger partial charge on any atom is 0.306 e. The van der Waals surface area contributed by atoms with Crippen LogP contribution in [-0.4, -0.2) is 30.8 Å². The van der Waals surface area contributed by atoms with Gasteiger partial charge in [-0.25, -0.2) is 4.98 Å². The molecule has 1 aliphatic rings. The average molecular weight is 255 g/mol. The molecule has 5 heteroatoms. The van der Waals surface area contributed by atoms with Gasteiger partial charge in [-0.05, 0) is 13.3 Å². The molecule has 0 N–H and O–H groups in total. The molecule has 1 aromatic heterocycles. The fraction of sp³-hybridized carbons (Fsp3) is 0.667. The van der Waals surface area contributed by atoms with Gasteiger partial charge in [0.25, 0.3) is 0 Å². The van der Waals surface area contributed by atoms with Gasteiger partial charge < -0.3 is 9.47 Å². The number of nitrogens with zero attached hydrogens (tertiary/aromatic N) is 1. The second kappa shape index (κ2) is 6.12. The Morgan fingerprint density at radius 3 is 3.29 bits per heavy atom. The number of esters is 1. The number of thiazole rings is 1. The second-order valence-corrected chi connectivity index (χ2v) is 4.93. The highest BCUT2D eigenvalue weighted by atomic mass is 32.1. The molecule has 0 aromatic carbocycles. The van der Waals surface area contributed by atoms with Gasteiger partial charge in [0.05, 0.1) is 30.3 Å². The van der Waals surface area contributed by atoms with Crippen molar-refractivity contribution in [2.24, 2.45) is 0 Å². The van der Waals surface area contributed by atoms with E-state index in [0.29, 0.717) is 25.4 Å². The predicted molar refractivity (Wildman–Crippen MR) is 65.2 cm³/mol. The molecule has 1 fully saturated rings. The summed E-state index contributed by atoms with van der Waals surface area (Å²) in [6, 6.07) is 0. The molecule has 0 aliphatic carbocycles. The Morgan fingerprint density at radius 2 is 2.59 bits per heavy atom. The van der Waals surface area contributed by atoms with E-state index >= 15 is 0 Å². The van der Waals surface area contributed by atoms with Crippen LogP contribution in [0.4, 0.5) is 0 Å². The van der Waals surface area contributed by atoms with E-state index in [1.165, 1.54) is 0 Å². The minimum absolute atomic E-state index is 0.147. The topological polar surface area (TPSA) is 48.4 Å². The van der Waals surface area contributed by atoms with Crippen molar-refractivity contribution < 1.29 is 14.3 Å². The standard InChI is InChI=1S/C12H17NO3S/c1-2-16-11(14)4-3-10-8-17-12(13-10)9-5-6-15-7-9/h8-9H,2-7H2,1H3. The van der Waals surface area contributed by atoms with Gasteiger partial charge in [-0.1, -0.05) is 0 Å². The Morgan fingerprint density at radius 1 is 1.71 bits per heavy atom. The Kier molecular flexibility index (Phi) is 4.50. The van der Waals surface area contributed by atoms with Gasteiger partial charge in [-0.2, -0.15) is 0 Å². The molecule has 0 radical (unpaired) electrons. The Labute approximate surface area is 105 Å². The van der Waals surface area contributed by atoms with Crippen molar-refractivity contribution in [3.05, 3.63) is 16.1 Å².